The highest BCUT2D eigenvalue weighted by Gasteiger charge is 2.84. The van der Waals surface area contributed by atoms with Crippen LogP contribution in [0, 0.1) is 35.5 Å². The van der Waals surface area contributed by atoms with Crippen LogP contribution in [0.3, 0.4) is 0 Å². The van der Waals surface area contributed by atoms with E-state index in [0.29, 0.717) is 4.83 Å². The molecule has 0 heterocycles. The summed E-state index contributed by atoms with van der Waals surface area (Å²) in [4.78, 5) is 0.620. The summed E-state index contributed by atoms with van der Waals surface area (Å²) in [6, 6.07) is 0. The van der Waals surface area contributed by atoms with Crippen molar-refractivity contribution in [2.24, 2.45) is 35.5 Å². The largest absolute Gasteiger partial charge is 0.368 e. The molecule has 0 aromatic heterocycles. The van der Waals surface area contributed by atoms with Crippen LogP contribution in [0.2, 0.25) is 0 Å². The molecule has 0 N–H and O–H groups in total. The van der Waals surface area contributed by atoms with E-state index in [2.05, 4.69) is 43.6 Å². The van der Waals surface area contributed by atoms with Crippen molar-refractivity contribution in [1.29, 1.82) is 0 Å². The Kier molecular flexibility index (Phi) is 2.62. The Bertz CT molecular complexity index is 401. The Hall–Kier alpha value is 0.440. The van der Waals surface area contributed by atoms with E-state index in [0.717, 1.165) is 35.5 Å². The van der Waals surface area contributed by atoms with Crippen LogP contribution in [0.5, 0.6) is 0 Å². The number of hydrogen-bond acceptors (Lipinski definition) is 1. The minimum Gasteiger partial charge on any atom is -0.368 e. The third-order valence-corrected chi connectivity index (χ3v) is 7.82. The molecule has 5 aliphatic carbocycles. The van der Waals surface area contributed by atoms with Crippen molar-refractivity contribution in [2.75, 3.05) is 0 Å². The van der Waals surface area contributed by atoms with E-state index >= 15 is 0 Å². The average Bonchev–Trinajstić information content (AvgIpc) is 2.71. The van der Waals surface area contributed by atoms with Gasteiger partial charge in [-0.1, -0.05) is 35.7 Å². The second kappa shape index (κ2) is 3.80. The van der Waals surface area contributed by atoms with Gasteiger partial charge in [0.25, 0.3) is 0 Å². The summed E-state index contributed by atoms with van der Waals surface area (Å²) in [5.41, 5.74) is 0.134. The summed E-state index contributed by atoms with van der Waals surface area (Å²) in [6.07, 6.45) is 5.39. The van der Waals surface area contributed by atoms with E-state index in [9.17, 15) is 0 Å². The number of halogens is 1. The minimum atomic E-state index is -0.0149. The molecule has 6 bridgehead atoms. The summed E-state index contributed by atoms with van der Waals surface area (Å²) >= 11 is 4.11. The Morgan fingerprint density at radius 1 is 1.16 bits per heavy atom. The van der Waals surface area contributed by atoms with E-state index in [1.54, 1.807) is 0 Å². The number of unbranched alkanes of at least 4 members (excludes halogenated alkanes) is 1. The van der Waals surface area contributed by atoms with Crippen molar-refractivity contribution in [3.05, 3.63) is 0 Å². The van der Waals surface area contributed by atoms with Gasteiger partial charge in [-0.05, 0) is 69.1 Å². The van der Waals surface area contributed by atoms with Gasteiger partial charge in [0.05, 0.1) is 11.2 Å². The molecule has 8 atom stereocenters. The zero-order valence-electron chi connectivity index (χ0n) is 12.7. The summed E-state index contributed by atoms with van der Waals surface area (Å²) in [5.74, 6) is 6.03. The van der Waals surface area contributed by atoms with Gasteiger partial charge in [0.1, 0.15) is 0 Å². The normalized spacial score (nSPS) is 57.0. The maximum Gasteiger partial charge on any atom is 0.0850 e. The lowest BCUT2D eigenvalue weighted by atomic mass is 9.79. The molecule has 0 radical (unpaired) electrons. The molecule has 6 unspecified atom stereocenters. The summed E-state index contributed by atoms with van der Waals surface area (Å²) in [6.45, 7) is 9.02. The van der Waals surface area contributed by atoms with Gasteiger partial charge >= 0.3 is 0 Å². The molecule has 0 aromatic carbocycles. The van der Waals surface area contributed by atoms with Gasteiger partial charge in [-0.15, -0.1) is 0 Å². The first-order valence-corrected chi connectivity index (χ1v) is 9.16. The molecule has 5 rings (SSSR count). The second-order valence-electron chi connectivity index (χ2n) is 8.50. The van der Waals surface area contributed by atoms with Gasteiger partial charge in [0.15, 0.2) is 0 Å². The molecule has 19 heavy (non-hydrogen) atoms. The summed E-state index contributed by atoms with van der Waals surface area (Å²) in [5, 5.41) is 0. The third kappa shape index (κ3) is 1.51. The molecule has 0 amide bonds. The lowest BCUT2D eigenvalue weighted by Gasteiger charge is -2.46. The molecular weight excluding hydrogens is 300 g/mol. The van der Waals surface area contributed by atoms with E-state index < -0.39 is 0 Å². The van der Waals surface area contributed by atoms with E-state index in [4.69, 9.17) is 4.74 Å². The number of alkyl halides is 1. The van der Waals surface area contributed by atoms with E-state index in [1.165, 1.54) is 25.7 Å². The van der Waals surface area contributed by atoms with Crippen molar-refractivity contribution in [2.45, 2.75) is 69.4 Å². The highest BCUT2D eigenvalue weighted by molar-refractivity contribution is 9.09. The highest BCUT2D eigenvalue weighted by Crippen LogP contribution is 2.84. The molecule has 0 aromatic rings. The van der Waals surface area contributed by atoms with E-state index in [-0.39, 0.29) is 11.2 Å². The molecule has 5 aliphatic rings. The van der Waals surface area contributed by atoms with Crippen molar-refractivity contribution in [3.8, 4) is 0 Å². The summed E-state index contributed by atoms with van der Waals surface area (Å²) < 4.78 is 6.78. The Labute approximate surface area is 126 Å². The highest BCUT2D eigenvalue weighted by atomic mass is 79.9. The average molecular weight is 327 g/mol. The van der Waals surface area contributed by atoms with Crippen LogP contribution in [0.1, 0.15) is 53.4 Å². The van der Waals surface area contributed by atoms with Crippen LogP contribution >= 0.6 is 15.9 Å². The molecule has 0 saturated heterocycles. The first kappa shape index (κ1) is 13.1. The van der Waals surface area contributed by atoms with Crippen LogP contribution in [0.4, 0.5) is 0 Å². The van der Waals surface area contributed by atoms with Crippen molar-refractivity contribution < 1.29 is 4.74 Å². The maximum atomic E-state index is 6.78. The van der Waals surface area contributed by atoms with Crippen LogP contribution < -0.4 is 0 Å². The third-order valence-electron chi connectivity index (χ3n) is 6.44. The summed E-state index contributed by atoms with van der Waals surface area (Å²) in [7, 11) is 0. The minimum absolute atomic E-state index is 0.0149. The van der Waals surface area contributed by atoms with Crippen LogP contribution in [-0.4, -0.2) is 16.0 Å². The van der Waals surface area contributed by atoms with E-state index in [1.807, 2.05) is 0 Å². The first-order chi connectivity index (χ1) is 8.91. The van der Waals surface area contributed by atoms with Gasteiger partial charge in [-0.25, -0.2) is 0 Å². The van der Waals surface area contributed by atoms with Crippen LogP contribution in [0.15, 0.2) is 0 Å². The van der Waals surface area contributed by atoms with Crippen molar-refractivity contribution in [1.82, 2.24) is 0 Å². The lowest BCUT2D eigenvalue weighted by molar-refractivity contribution is -0.162. The van der Waals surface area contributed by atoms with Gasteiger partial charge in [0, 0.05) is 4.83 Å². The monoisotopic (exact) mass is 326 g/mol. The van der Waals surface area contributed by atoms with Crippen LogP contribution in [-0.2, 0) is 4.74 Å². The lowest BCUT2D eigenvalue weighted by Crippen LogP contribution is -2.51. The Balaban J connectivity index is 1.67. The fourth-order valence-electron chi connectivity index (χ4n) is 6.33. The van der Waals surface area contributed by atoms with Gasteiger partial charge in [-0.3, -0.25) is 0 Å². The molecule has 5 saturated carbocycles. The number of hydrogen-bond donors (Lipinski definition) is 0. The molecule has 108 valence electrons. The first-order valence-electron chi connectivity index (χ1n) is 8.25. The predicted octanol–water partition coefficient (Wildman–Crippen LogP) is 4.64. The maximum absolute atomic E-state index is 6.78. The number of ether oxygens (including phenoxy) is 1. The second-order valence-corrected chi connectivity index (χ2v) is 9.48. The van der Waals surface area contributed by atoms with Gasteiger partial charge in [-0.2, -0.15) is 0 Å². The smallest absolute Gasteiger partial charge is 0.0850 e. The fourth-order valence-corrected chi connectivity index (χ4v) is 7.70. The van der Waals surface area contributed by atoms with Crippen molar-refractivity contribution >= 4 is 15.9 Å². The standard InChI is InChI=1S/C17H27BrO/c1-5-6-7-17(19-16(2,3)4)14-10-8-9-11(12(9)14)13(10)15(17)18/h9-15H,5-8H2,1-4H3/t9?,10?,11?,12?,13?,14?,15-,17+/m0/s1. The zero-order chi connectivity index (χ0) is 13.6. The fraction of sp³-hybridized carbons (Fsp3) is 1.00. The zero-order valence-corrected chi connectivity index (χ0v) is 14.2. The molecule has 0 spiro atoms. The molecule has 1 nitrogen and oxygen atoms in total. The molecular formula is C17H27BrO. The van der Waals surface area contributed by atoms with Crippen molar-refractivity contribution in [3.63, 3.8) is 0 Å². The molecule has 0 aliphatic heterocycles. The van der Waals surface area contributed by atoms with Gasteiger partial charge in [0.2, 0.25) is 0 Å². The Morgan fingerprint density at radius 2 is 1.89 bits per heavy atom. The van der Waals surface area contributed by atoms with Crippen LogP contribution in [0.25, 0.3) is 0 Å². The number of rotatable bonds is 4. The quantitative estimate of drug-likeness (QED) is 0.684. The predicted molar refractivity (Wildman–Crippen MR) is 81.4 cm³/mol. The molecule has 5 fully saturated rings. The topological polar surface area (TPSA) is 9.23 Å². The Morgan fingerprint density at radius 3 is 2.42 bits per heavy atom. The SMILES string of the molecule is CCCC[C@@]1(OC(C)(C)C)C2C3CC4C(C42)C3[C@@H]1Br. The molecule has 2 heteroatoms. The van der Waals surface area contributed by atoms with Gasteiger partial charge < -0.3 is 4.74 Å².